The molecular weight excluding hydrogens is 548 g/mol. The third-order valence-corrected chi connectivity index (χ3v) is 12.1. The summed E-state index contributed by atoms with van der Waals surface area (Å²) in [6, 6.07) is 10.9. The number of carbonyl (C=O) groups excluding carboxylic acids is 1. The Balaban J connectivity index is 1.15. The van der Waals surface area contributed by atoms with Crippen molar-refractivity contribution >= 4 is 11.6 Å². The number of carbonyl (C=O) groups is 1. The molecule has 5 saturated carbocycles. The van der Waals surface area contributed by atoms with Gasteiger partial charge in [-0.2, -0.15) is 5.10 Å². The van der Waals surface area contributed by atoms with E-state index >= 15 is 0 Å². The van der Waals surface area contributed by atoms with Crippen molar-refractivity contribution in [2.24, 2.45) is 11.3 Å². The van der Waals surface area contributed by atoms with Crippen LogP contribution in [0, 0.1) is 18.3 Å². The maximum absolute atomic E-state index is 14.4. The molecule has 7 heteroatoms. The average molecular weight is 597 g/mol. The smallest absolute Gasteiger partial charge is 0.230 e. The molecule has 1 N–H and O–H groups in total. The fraction of sp³-hybridized carbons (Fsp3) is 0.595. The number of amides is 1. The van der Waals surface area contributed by atoms with E-state index in [0.717, 1.165) is 93.4 Å². The fourth-order valence-electron chi connectivity index (χ4n) is 8.73. The van der Waals surface area contributed by atoms with Crippen LogP contribution in [0.5, 0.6) is 5.75 Å². The monoisotopic (exact) mass is 596 g/mol. The number of aryl methyl sites for hydroxylation is 1. The van der Waals surface area contributed by atoms with Gasteiger partial charge in [-0.15, -0.1) is 0 Å². The summed E-state index contributed by atoms with van der Waals surface area (Å²) in [6.45, 7) is 5.17. The van der Waals surface area contributed by atoms with Gasteiger partial charge in [-0.05, 0) is 137 Å². The zero-order chi connectivity index (χ0) is 30.5. The van der Waals surface area contributed by atoms with E-state index < -0.39 is 0 Å². The lowest BCUT2D eigenvalue weighted by Crippen LogP contribution is -2.51. The van der Waals surface area contributed by atoms with Crippen LogP contribution < -0.4 is 9.64 Å². The molecule has 8 rings (SSSR count). The van der Waals surface area contributed by atoms with Gasteiger partial charge < -0.3 is 14.7 Å². The van der Waals surface area contributed by atoms with E-state index in [-0.39, 0.29) is 34.3 Å². The predicted octanol–water partition coefficient (Wildman–Crippen LogP) is 7.34. The molecule has 0 atom stereocenters. The molecule has 7 nitrogen and oxygen atoms in total. The van der Waals surface area contributed by atoms with Crippen molar-refractivity contribution in [3.8, 4) is 17.0 Å². The second-order valence-corrected chi connectivity index (χ2v) is 14.8. The second kappa shape index (κ2) is 11.3. The largest absolute Gasteiger partial charge is 0.496 e. The number of methoxy groups -OCH3 is 1. The zero-order valence-electron chi connectivity index (χ0n) is 26.7. The lowest BCUT2D eigenvalue weighted by molar-refractivity contribution is -0.124. The van der Waals surface area contributed by atoms with Crippen LogP contribution >= 0.6 is 0 Å². The highest BCUT2D eigenvalue weighted by Crippen LogP contribution is 2.58. The summed E-state index contributed by atoms with van der Waals surface area (Å²) < 4.78 is 7.65. The summed E-state index contributed by atoms with van der Waals surface area (Å²) in [5, 5.41) is 14.9. The zero-order valence-corrected chi connectivity index (χ0v) is 26.7. The molecule has 3 aromatic rings. The third kappa shape index (κ3) is 5.25. The van der Waals surface area contributed by atoms with Gasteiger partial charge in [-0.3, -0.25) is 14.5 Å². The van der Waals surface area contributed by atoms with Crippen molar-refractivity contribution in [3.05, 3.63) is 60.0 Å². The highest BCUT2D eigenvalue weighted by atomic mass is 16.5. The van der Waals surface area contributed by atoms with E-state index in [2.05, 4.69) is 53.9 Å². The Morgan fingerprint density at radius 1 is 1.02 bits per heavy atom. The van der Waals surface area contributed by atoms with Crippen molar-refractivity contribution in [1.29, 1.82) is 0 Å². The van der Waals surface area contributed by atoms with Crippen molar-refractivity contribution in [2.75, 3.05) is 18.6 Å². The molecule has 0 radical (unpaired) electrons. The summed E-state index contributed by atoms with van der Waals surface area (Å²) in [6.07, 6.45) is 19.0. The first-order chi connectivity index (χ1) is 21.2. The summed E-state index contributed by atoms with van der Waals surface area (Å²) in [7, 11) is 1.74. The van der Waals surface area contributed by atoms with Crippen molar-refractivity contribution in [3.63, 3.8) is 0 Å². The first kappa shape index (κ1) is 29.5. The molecule has 2 bridgehead atoms. The second-order valence-electron chi connectivity index (χ2n) is 14.8. The van der Waals surface area contributed by atoms with Crippen LogP contribution in [0.25, 0.3) is 11.3 Å². The van der Waals surface area contributed by atoms with Crippen LogP contribution in [0.1, 0.15) is 102 Å². The minimum atomic E-state index is -0.279. The first-order valence-corrected chi connectivity index (χ1v) is 16.9. The molecule has 0 aliphatic heterocycles. The number of hydrogen-bond acceptors (Lipinski definition) is 5. The maximum atomic E-state index is 14.4. The number of nitrogens with zero attached hydrogens (tertiary/aromatic N) is 4. The summed E-state index contributed by atoms with van der Waals surface area (Å²) >= 11 is 0. The van der Waals surface area contributed by atoms with E-state index in [9.17, 15) is 9.90 Å². The normalized spacial score (nSPS) is 29.2. The molecule has 44 heavy (non-hydrogen) atoms. The molecule has 5 fully saturated rings. The van der Waals surface area contributed by atoms with E-state index in [0.29, 0.717) is 12.8 Å². The van der Waals surface area contributed by atoms with Gasteiger partial charge in [0.05, 0.1) is 30.6 Å². The molecule has 1 amide bonds. The molecule has 234 valence electrons. The van der Waals surface area contributed by atoms with Gasteiger partial charge >= 0.3 is 0 Å². The van der Waals surface area contributed by atoms with Gasteiger partial charge in [0.15, 0.2) is 0 Å². The number of ether oxygens (including phenoxy) is 1. The molecule has 5 aliphatic rings. The van der Waals surface area contributed by atoms with Crippen LogP contribution in [0.4, 0.5) is 5.69 Å². The Hall–Kier alpha value is -3.19. The van der Waals surface area contributed by atoms with Gasteiger partial charge in [0, 0.05) is 36.1 Å². The van der Waals surface area contributed by atoms with Gasteiger partial charge in [-0.1, -0.05) is 12.1 Å². The van der Waals surface area contributed by atoms with Gasteiger partial charge in [0.1, 0.15) is 5.75 Å². The standard InChI is InChI=1S/C37H48N4O3/c1-26-21-29(7-10-33(26)44-3)37-17-14-36(15-18-37,16-19-37)25-40(34(43)27-5-8-31(42)9-6-27)30-11-20-38-32(22-30)28-23-39-41(24-28)35(2)12-4-13-35/h7,10-11,20-24,27,31,42H,4-6,8-9,12-19,25H2,1-3H3. The van der Waals surface area contributed by atoms with Gasteiger partial charge in [0.2, 0.25) is 5.91 Å². The van der Waals surface area contributed by atoms with Crippen LogP contribution in [-0.4, -0.2) is 45.5 Å². The number of benzene rings is 1. The van der Waals surface area contributed by atoms with E-state index in [4.69, 9.17) is 14.8 Å². The molecule has 2 heterocycles. The molecule has 2 aromatic heterocycles. The SMILES string of the molecule is COc1ccc(C23CCC(CN(C(=O)C4CCC(O)CC4)c4ccnc(-c5cnn(C6(C)CCC6)c5)c4)(CC2)CC3)cc1C. The average Bonchev–Trinajstić information content (AvgIpc) is 3.54. The number of aliphatic hydroxyl groups excluding tert-OH is 1. The third-order valence-electron chi connectivity index (χ3n) is 12.1. The topological polar surface area (TPSA) is 80.5 Å². The molecule has 5 aliphatic carbocycles. The van der Waals surface area contributed by atoms with Crippen molar-refractivity contribution in [1.82, 2.24) is 14.8 Å². The van der Waals surface area contributed by atoms with Crippen LogP contribution in [0.2, 0.25) is 0 Å². The quantitative estimate of drug-likeness (QED) is 0.294. The lowest BCUT2D eigenvalue weighted by Gasteiger charge is -2.55. The molecule has 0 unspecified atom stereocenters. The Bertz CT molecular complexity index is 1490. The van der Waals surface area contributed by atoms with Crippen molar-refractivity contribution in [2.45, 2.75) is 114 Å². The molecular formula is C37H48N4O3. The lowest BCUT2D eigenvalue weighted by atomic mass is 9.51. The number of hydrogen-bond donors (Lipinski definition) is 1. The number of pyridine rings is 1. The number of aliphatic hydroxyl groups is 1. The minimum absolute atomic E-state index is 0.0405. The highest BCUT2D eigenvalue weighted by molar-refractivity contribution is 5.95. The molecule has 0 spiro atoms. The first-order valence-electron chi connectivity index (χ1n) is 16.9. The summed E-state index contributed by atoms with van der Waals surface area (Å²) in [4.78, 5) is 21.2. The van der Waals surface area contributed by atoms with Gasteiger partial charge in [0.25, 0.3) is 0 Å². The van der Waals surface area contributed by atoms with E-state index in [1.165, 1.54) is 17.5 Å². The molecule has 0 saturated heterocycles. The van der Waals surface area contributed by atoms with E-state index in [1.807, 2.05) is 18.5 Å². The van der Waals surface area contributed by atoms with E-state index in [1.54, 1.807) is 7.11 Å². The van der Waals surface area contributed by atoms with Crippen LogP contribution in [0.3, 0.4) is 0 Å². The van der Waals surface area contributed by atoms with Crippen molar-refractivity contribution < 1.29 is 14.6 Å². The van der Waals surface area contributed by atoms with Crippen LogP contribution in [0.15, 0.2) is 48.9 Å². The van der Waals surface area contributed by atoms with Gasteiger partial charge in [-0.25, -0.2) is 0 Å². The summed E-state index contributed by atoms with van der Waals surface area (Å²) in [5.41, 5.74) is 5.92. The summed E-state index contributed by atoms with van der Waals surface area (Å²) in [5.74, 6) is 1.13. The highest BCUT2D eigenvalue weighted by Gasteiger charge is 2.50. The Labute approximate surface area is 262 Å². The fourth-order valence-corrected chi connectivity index (χ4v) is 8.73. The Morgan fingerprint density at radius 2 is 1.75 bits per heavy atom. The predicted molar refractivity (Wildman–Crippen MR) is 173 cm³/mol. The number of rotatable bonds is 8. The maximum Gasteiger partial charge on any atom is 0.230 e. The number of fused-ring (bicyclic) bond motifs is 3. The Morgan fingerprint density at radius 3 is 2.39 bits per heavy atom. The number of aromatic nitrogens is 3. The Kier molecular flexibility index (Phi) is 7.59. The number of anilines is 1. The van der Waals surface area contributed by atoms with Crippen LogP contribution in [-0.2, 0) is 15.7 Å². The minimum Gasteiger partial charge on any atom is -0.496 e. The molecule has 1 aromatic carbocycles.